The van der Waals surface area contributed by atoms with Crippen LogP contribution in [0.5, 0.6) is 11.5 Å². The molecule has 2 aromatic heterocycles. The maximum atomic E-state index is 6.60. The van der Waals surface area contributed by atoms with Crippen LogP contribution >= 0.6 is 0 Å². The molecule has 6 aromatic rings. The first-order valence-corrected chi connectivity index (χ1v) is 16.0. The Morgan fingerprint density at radius 2 is 1.07 bits per heavy atom. The normalized spacial score (nSPS) is 12.2. The fourth-order valence-electron chi connectivity index (χ4n) is 6.24. The molecule has 6 rings (SSSR count). The predicted molar refractivity (Wildman–Crippen MR) is 189 cm³/mol. The Balaban J connectivity index is 1.58. The lowest BCUT2D eigenvalue weighted by molar-refractivity contribution is 0.481. The summed E-state index contributed by atoms with van der Waals surface area (Å²) < 4.78 is 8.61. The first-order valence-electron chi connectivity index (χ1n) is 16.0. The van der Waals surface area contributed by atoms with E-state index in [1.54, 1.807) is 0 Å². The molecular formula is C42H43N3O. The summed E-state index contributed by atoms with van der Waals surface area (Å²) in [4.78, 5) is 9.61. The summed E-state index contributed by atoms with van der Waals surface area (Å²) in [6, 6.07) is 40.9. The van der Waals surface area contributed by atoms with Crippen molar-refractivity contribution in [2.45, 2.75) is 57.8 Å². The van der Waals surface area contributed by atoms with Crippen molar-refractivity contribution in [3.63, 3.8) is 0 Å². The van der Waals surface area contributed by atoms with Gasteiger partial charge in [0.2, 0.25) is 0 Å². The molecule has 0 aliphatic carbocycles. The second-order valence-corrected chi connectivity index (χ2v) is 14.1. The van der Waals surface area contributed by atoms with Crippen molar-refractivity contribution in [3.05, 3.63) is 167 Å². The molecule has 4 heteroatoms. The lowest BCUT2D eigenvalue weighted by atomic mass is 9.65. The second kappa shape index (κ2) is 12.1. The van der Waals surface area contributed by atoms with Gasteiger partial charge in [0.1, 0.15) is 17.3 Å². The van der Waals surface area contributed by atoms with Crippen molar-refractivity contribution in [1.29, 1.82) is 0 Å². The monoisotopic (exact) mass is 605 g/mol. The topological polar surface area (TPSA) is 39.9 Å². The fourth-order valence-corrected chi connectivity index (χ4v) is 6.24. The highest BCUT2D eigenvalue weighted by atomic mass is 16.5. The predicted octanol–water partition coefficient (Wildman–Crippen LogP) is 10.3. The molecule has 4 aromatic carbocycles. The third-order valence-corrected chi connectivity index (χ3v) is 8.79. The number of ether oxygens (including phenoxy) is 1. The third kappa shape index (κ3) is 6.00. The molecular weight excluding hydrogens is 562 g/mol. The van der Waals surface area contributed by atoms with Gasteiger partial charge in [-0.3, -0.25) is 4.98 Å². The van der Waals surface area contributed by atoms with Crippen LogP contribution < -0.4 is 4.74 Å². The van der Waals surface area contributed by atoms with Crippen molar-refractivity contribution in [2.75, 3.05) is 0 Å². The van der Waals surface area contributed by atoms with Gasteiger partial charge in [0.15, 0.2) is 0 Å². The van der Waals surface area contributed by atoms with Crippen LogP contribution in [0.3, 0.4) is 0 Å². The first kappa shape index (κ1) is 31.0. The zero-order valence-corrected chi connectivity index (χ0v) is 28.0. The van der Waals surface area contributed by atoms with Gasteiger partial charge in [-0.05, 0) is 75.0 Å². The van der Waals surface area contributed by atoms with Crippen molar-refractivity contribution < 1.29 is 4.74 Å². The number of imidazole rings is 1. The van der Waals surface area contributed by atoms with Crippen molar-refractivity contribution in [1.82, 2.24) is 14.5 Å². The van der Waals surface area contributed by atoms with Crippen molar-refractivity contribution in [3.8, 4) is 22.9 Å². The average molecular weight is 606 g/mol. The standard InChI is InChI=1S/C42H43N3O/c1-40(2,3)31-15-11-17-33(27-31)42(38-22-8-9-23-43-38,34-18-12-16-32(28-34)41(4,5)6)35-19-13-21-37(29-35)46-36-20-10-14-30(26-36)39-44-24-25-45(39)7/h8-29H,1-7H3. The molecule has 0 bridgehead atoms. The Hall–Kier alpha value is -4.96. The minimum atomic E-state index is -0.710. The van der Waals surface area contributed by atoms with E-state index < -0.39 is 5.41 Å². The molecule has 0 amide bonds. The Labute approximate surface area is 273 Å². The highest BCUT2D eigenvalue weighted by molar-refractivity contribution is 5.61. The first-order chi connectivity index (χ1) is 22.0. The summed E-state index contributed by atoms with van der Waals surface area (Å²) in [5, 5.41) is 0. The van der Waals surface area contributed by atoms with E-state index in [4.69, 9.17) is 9.72 Å². The Morgan fingerprint density at radius 3 is 1.61 bits per heavy atom. The second-order valence-electron chi connectivity index (χ2n) is 14.1. The van der Waals surface area contributed by atoms with Gasteiger partial charge in [-0.1, -0.05) is 120 Å². The largest absolute Gasteiger partial charge is 0.457 e. The minimum Gasteiger partial charge on any atom is -0.457 e. The van der Waals surface area contributed by atoms with Crippen LogP contribution in [0.2, 0.25) is 0 Å². The molecule has 0 atom stereocenters. The highest BCUT2D eigenvalue weighted by Crippen LogP contribution is 2.47. The highest BCUT2D eigenvalue weighted by Gasteiger charge is 2.41. The molecule has 0 aliphatic heterocycles. The number of hydrogen-bond donors (Lipinski definition) is 0. The van der Waals surface area contributed by atoms with E-state index >= 15 is 0 Å². The number of nitrogens with zero attached hydrogens (tertiary/aromatic N) is 3. The van der Waals surface area contributed by atoms with Gasteiger partial charge in [0, 0.05) is 31.2 Å². The molecule has 2 heterocycles. The van der Waals surface area contributed by atoms with Crippen molar-refractivity contribution in [2.24, 2.45) is 7.05 Å². The number of aromatic nitrogens is 3. The van der Waals surface area contributed by atoms with E-state index in [9.17, 15) is 0 Å². The summed E-state index contributed by atoms with van der Waals surface area (Å²) in [5.74, 6) is 2.41. The Morgan fingerprint density at radius 1 is 0.522 bits per heavy atom. The van der Waals surface area contributed by atoms with E-state index in [0.717, 1.165) is 34.1 Å². The van der Waals surface area contributed by atoms with Crippen molar-refractivity contribution >= 4 is 0 Å². The van der Waals surface area contributed by atoms with Gasteiger partial charge in [-0.2, -0.15) is 0 Å². The number of hydrogen-bond acceptors (Lipinski definition) is 3. The van der Waals surface area contributed by atoms with E-state index in [-0.39, 0.29) is 10.8 Å². The van der Waals surface area contributed by atoms with Gasteiger partial charge in [-0.15, -0.1) is 0 Å². The van der Waals surface area contributed by atoms with Gasteiger partial charge >= 0.3 is 0 Å². The molecule has 0 fully saturated rings. The summed E-state index contributed by atoms with van der Waals surface area (Å²) in [6.45, 7) is 13.6. The summed E-state index contributed by atoms with van der Waals surface area (Å²) in [6.07, 6.45) is 5.66. The number of pyridine rings is 1. The minimum absolute atomic E-state index is 0.0255. The number of aryl methyl sites for hydroxylation is 1. The molecule has 46 heavy (non-hydrogen) atoms. The van der Waals surface area contributed by atoms with Gasteiger partial charge < -0.3 is 9.30 Å². The van der Waals surface area contributed by atoms with Crippen LogP contribution in [0.4, 0.5) is 0 Å². The molecule has 0 N–H and O–H groups in total. The summed E-state index contributed by atoms with van der Waals surface area (Å²) in [7, 11) is 2.00. The van der Waals surface area contributed by atoms with Crippen LogP contribution in [0.15, 0.2) is 134 Å². The number of benzene rings is 4. The van der Waals surface area contributed by atoms with E-state index in [1.165, 1.54) is 22.3 Å². The smallest absolute Gasteiger partial charge is 0.139 e. The summed E-state index contributed by atoms with van der Waals surface area (Å²) in [5.41, 5.74) is 7.16. The lowest BCUT2D eigenvalue weighted by Gasteiger charge is -2.37. The Kier molecular flexibility index (Phi) is 8.16. The zero-order valence-electron chi connectivity index (χ0n) is 28.0. The molecule has 0 spiro atoms. The van der Waals surface area contributed by atoms with Gasteiger partial charge in [-0.25, -0.2) is 4.98 Å². The number of rotatable bonds is 7. The van der Waals surface area contributed by atoms with E-state index in [0.29, 0.717) is 0 Å². The SMILES string of the molecule is Cn1ccnc1-c1cccc(Oc2cccc(C(c3cccc(C(C)(C)C)c3)(c3cccc(C(C)(C)C)c3)c3ccccn3)c2)c1. The molecule has 4 nitrogen and oxygen atoms in total. The quantitative estimate of drug-likeness (QED) is 0.170. The molecule has 0 radical (unpaired) electrons. The van der Waals surface area contributed by atoms with Crippen LogP contribution in [-0.4, -0.2) is 14.5 Å². The fraction of sp³-hybridized carbons (Fsp3) is 0.238. The summed E-state index contributed by atoms with van der Waals surface area (Å²) >= 11 is 0. The molecule has 232 valence electrons. The van der Waals surface area contributed by atoms with Crippen LogP contribution in [0.25, 0.3) is 11.4 Å². The molecule has 0 unspecified atom stereocenters. The zero-order chi connectivity index (χ0) is 32.5. The maximum absolute atomic E-state index is 6.60. The van der Waals surface area contributed by atoms with Gasteiger partial charge in [0.05, 0.1) is 11.1 Å². The van der Waals surface area contributed by atoms with Crippen LogP contribution in [-0.2, 0) is 23.3 Å². The van der Waals surface area contributed by atoms with E-state index in [1.807, 2.05) is 60.5 Å². The molecule has 0 aliphatic rings. The van der Waals surface area contributed by atoms with E-state index in [2.05, 4.69) is 131 Å². The Bertz CT molecular complexity index is 1900. The van der Waals surface area contributed by atoms with Gasteiger partial charge in [0.25, 0.3) is 0 Å². The third-order valence-electron chi connectivity index (χ3n) is 8.79. The lowest BCUT2D eigenvalue weighted by Crippen LogP contribution is -2.33. The molecule has 0 saturated heterocycles. The molecule has 0 saturated carbocycles. The van der Waals surface area contributed by atoms with Crippen LogP contribution in [0.1, 0.15) is 75.1 Å². The van der Waals surface area contributed by atoms with Crippen LogP contribution in [0, 0.1) is 0 Å². The average Bonchev–Trinajstić information content (AvgIpc) is 3.48. The maximum Gasteiger partial charge on any atom is 0.139 e.